The van der Waals surface area contributed by atoms with Crippen LogP contribution in [0.3, 0.4) is 0 Å². The standard InChI is InChI=1S/C17H15F2NO4/c1-10-6-7-12(16(22)23-2)9-14(10)20-15(21)11-4-3-5-13(8-11)24-17(18)19/h3-9,17H,1-2H3,(H,20,21). The number of rotatable bonds is 5. The van der Waals surface area contributed by atoms with Crippen molar-refractivity contribution < 1.29 is 27.8 Å². The number of ether oxygens (including phenoxy) is 2. The SMILES string of the molecule is COC(=O)c1ccc(C)c(NC(=O)c2cccc(OC(F)F)c2)c1. The molecule has 2 aromatic carbocycles. The quantitative estimate of drug-likeness (QED) is 0.848. The number of benzene rings is 2. The van der Waals surface area contributed by atoms with E-state index < -0.39 is 18.5 Å². The first-order chi connectivity index (χ1) is 11.4. The summed E-state index contributed by atoms with van der Waals surface area (Å²) in [5, 5.41) is 2.64. The van der Waals surface area contributed by atoms with Gasteiger partial charge < -0.3 is 14.8 Å². The molecule has 0 spiro atoms. The Morgan fingerprint density at radius 2 is 1.83 bits per heavy atom. The second kappa shape index (κ2) is 7.54. The van der Waals surface area contributed by atoms with Gasteiger partial charge in [0.15, 0.2) is 0 Å². The number of carbonyl (C=O) groups excluding carboxylic acids is 2. The van der Waals surface area contributed by atoms with Crippen LogP contribution in [0.2, 0.25) is 0 Å². The number of hydrogen-bond acceptors (Lipinski definition) is 4. The second-order valence-corrected chi connectivity index (χ2v) is 4.88. The molecule has 0 atom stereocenters. The maximum absolute atomic E-state index is 12.3. The molecule has 7 heteroatoms. The molecule has 0 aliphatic carbocycles. The maximum atomic E-state index is 12.3. The minimum atomic E-state index is -2.97. The summed E-state index contributed by atoms with van der Waals surface area (Å²) >= 11 is 0. The predicted octanol–water partition coefficient (Wildman–Crippen LogP) is 3.64. The summed E-state index contributed by atoms with van der Waals surface area (Å²) in [6, 6.07) is 10.2. The largest absolute Gasteiger partial charge is 0.465 e. The average Bonchev–Trinajstić information content (AvgIpc) is 2.55. The summed E-state index contributed by atoms with van der Waals surface area (Å²) in [4.78, 5) is 23.8. The Hall–Kier alpha value is -2.96. The van der Waals surface area contributed by atoms with Crippen molar-refractivity contribution >= 4 is 17.6 Å². The lowest BCUT2D eigenvalue weighted by molar-refractivity contribution is -0.0498. The van der Waals surface area contributed by atoms with Gasteiger partial charge in [-0.1, -0.05) is 12.1 Å². The molecule has 2 aromatic rings. The summed E-state index contributed by atoms with van der Waals surface area (Å²) in [5.41, 5.74) is 1.59. The van der Waals surface area contributed by atoms with Gasteiger partial charge in [0.2, 0.25) is 0 Å². The summed E-state index contributed by atoms with van der Waals surface area (Å²) < 4.78 is 33.4. The van der Waals surface area contributed by atoms with Crippen LogP contribution in [0, 0.1) is 6.92 Å². The zero-order chi connectivity index (χ0) is 17.7. The van der Waals surface area contributed by atoms with Gasteiger partial charge in [0.25, 0.3) is 5.91 Å². The van der Waals surface area contributed by atoms with Crippen LogP contribution in [-0.4, -0.2) is 25.6 Å². The number of amides is 1. The molecule has 0 bridgehead atoms. The first kappa shape index (κ1) is 17.4. The molecule has 1 N–H and O–H groups in total. The van der Waals surface area contributed by atoms with Crippen LogP contribution in [0.5, 0.6) is 5.75 Å². The van der Waals surface area contributed by atoms with Crippen molar-refractivity contribution in [1.82, 2.24) is 0 Å². The van der Waals surface area contributed by atoms with Crippen molar-refractivity contribution in [2.75, 3.05) is 12.4 Å². The number of methoxy groups -OCH3 is 1. The third-order valence-electron chi connectivity index (χ3n) is 3.23. The number of carbonyl (C=O) groups is 2. The van der Waals surface area contributed by atoms with Crippen LogP contribution >= 0.6 is 0 Å². The highest BCUT2D eigenvalue weighted by Gasteiger charge is 2.13. The zero-order valence-corrected chi connectivity index (χ0v) is 13.0. The third-order valence-corrected chi connectivity index (χ3v) is 3.23. The Bertz CT molecular complexity index is 762. The number of alkyl halides is 2. The molecule has 5 nitrogen and oxygen atoms in total. The molecule has 0 aliphatic rings. The normalized spacial score (nSPS) is 10.4. The molecule has 0 aromatic heterocycles. The van der Waals surface area contributed by atoms with Crippen LogP contribution in [0.25, 0.3) is 0 Å². The Kier molecular flexibility index (Phi) is 5.47. The van der Waals surface area contributed by atoms with E-state index in [2.05, 4.69) is 14.8 Å². The van der Waals surface area contributed by atoms with Gasteiger partial charge in [0.1, 0.15) is 5.75 Å². The predicted molar refractivity (Wildman–Crippen MR) is 83.5 cm³/mol. The molecular weight excluding hydrogens is 320 g/mol. The van der Waals surface area contributed by atoms with E-state index in [1.807, 2.05) is 0 Å². The van der Waals surface area contributed by atoms with E-state index in [1.54, 1.807) is 19.1 Å². The highest BCUT2D eigenvalue weighted by atomic mass is 19.3. The first-order valence-corrected chi connectivity index (χ1v) is 6.96. The monoisotopic (exact) mass is 335 g/mol. The van der Waals surface area contributed by atoms with Gasteiger partial charge in [-0.3, -0.25) is 4.79 Å². The van der Waals surface area contributed by atoms with Crippen LogP contribution in [0.1, 0.15) is 26.3 Å². The Morgan fingerprint density at radius 1 is 1.08 bits per heavy atom. The fourth-order valence-electron chi connectivity index (χ4n) is 2.01. The Labute approximate surface area is 137 Å². The van der Waals surface area contributed by atoms with Crippen molar-refractivity contribution in [1.29, 1.82) is 0 Å². The molecule has 0 radical (unpaired) electrons. The molecule has 0 fully saturated rings. The number of esters is 1. The lowest BCUT2D eigenvalue weighted by Crippen LogP contribution is -2.14. The molecule has 0 aliphatic heterocycles. The summed E-state index contributed by atoms with van der Waals surface area (Å²) in [5.74, 6) is -1.16. The molecule has 24 heavy (non-hydrogen) atoms. The molecule has 0 heterocycles. The topological polar surface area (TPSA) is 64.6 Å². The molecule has 0 saturated carbocycles. The van der Waals surface area contributed by atoms with Gasteiger partial charge >= 0.3 is 12.6 Å². The average molecular weight is 335 g/mol. The number of halogens is 2. The van der Waals surface area contributed by atoms with Crippen LogP contribution in [0.4, 0.5) is 14.5 Å². The fraction of sp³-hybridized carbons (Fsp3) is 0.176. The van der Waals surface area contributed by atoms with Crippen LogP contribution < -0.4 is 10.1 Å². The molecule has 0 saturated heterocycles. The molecular formula is C17H15F2NO4. The Balaban J connectivity index is 2.22. The van der Waals surface area contributed by atoms with Crippen molar-refractivity contribution in [3.63, 3.8) is 0 Å². The maximum Gasteiger partial charge on any atom is 0.387 e. The highest BCUT2D eigenvalue weighted by Crippen LogP contribution is 2.20. The molecule has 126 valence electrons. The lowest BCUT2D eigenvalue weighted by Gasteiger charge is -2.11. The molecule has 2 rings (SSSR count). The Morgan fingerprint density at radius 3 is 2.50 bits per heavy atom. The minimum absolute atomic E-state index is 0.113. The first-order valence-electron chi connectivity index (χ1n) is 6.96. The van der Waals surface area contributed by atoms with E-state index in [4.69, 9.17) is 0 Å². The van der Waals surface area contributed by atoms with Crippen molar-refractivity contribution in [2.45, 2.75) is 13.5 Å². The summed E-state index contributed by atoms with van der Waals surface area (Å²) in [6.45, 7) is -1.21. The van der Waals surface area contributed by atoms with Crippen molar-refractivity contribution in [3.8, 4) is 5.75 Å². The number of nitrogens with one attached hydrogen (secondary N) is 1. The lowest BCUT2D eigenvalue weighted by atomic mass is 10.1. The van der Waals surface area contributed by atoms with Gasteiger partial charge in [0, 0.05) is 11.3 Å². The van der Waals surface area contributed by atoms with Gasteiger partial charge in [0.05, 0.1) is 12.7 Å². The minimum Gasteiger partial charge on any atom is -0.465 e. The zero-order valence-electron chi connectivity index (χ0n) is 13.0. The van der Waals surface area contributed by atoms with Crippen molar-refractivity contribution in [3.05, 3.63) is 59.2 Å². The number of hydrogen-bond donors (Lipinski definition) is 1. The smallest absolute Gasteiger partial charge is 0.387 e. The highest BCUT2D eigenvalue weighted by molar-refractivity contribution is 6.05. The van der Waals surface area contributed by atoms with Crippen LogP contribution in [0.15, 0.2) is 42.5 Å². The number of aryl methyl sites for hydroxylation is 1. The van der Waals surface area contributed by atoms with Crippen LogP contribution in [-0.2, 0) is 4.74 Å². The second-order valence-electron chi connectivity index (χ2n) is 4.88. The van der Waals surface area contributed by atoms with Crippen molar-refractivity contribution in [2.24, 2.45) is 0 Å². The summed E-state index contributed by atoms with van der Waals surface area (Å²) in [6.07, 6.45) is 0. The van der Waals surface area contributed by atoms with E-state index in [1.165, 1.54) is 37.4 Å². The number of anilines is 1. The van der Waals surface area contributed by atoms with Gasteiger partial charge in [-0.25, -0.2) is 4.79 Å². The van der Waals surface area contributed by atoms with E-state index in [9.17, 15) is 18.4 Å². The molecule has 0 unspecified atom stereocenters. The van der Waals surface area contributed by atoms with E-state index in [0.29, 0.717) is 5.69 Å². The molecule has 1 amide bonds. The van der Waals surface area contributed by atoms with Gasteiger partial charge in [-0.05, 0) is 42.8 Å². The van der Waals surface area contributed by atoms with Gasteiger partial charge in [-0.2, -0.15) is 8.78 Å². The van der Waals surface area contributed by atoms with Gasteiger partial charge in [-0.15, -0.1) is 0 Å². The van der Waals surface area contributed by atoms with E-state index >= 15 is 0 Å². The fourth-order valence-corrected chi connectivity index (χ4v) is 2.01. The summed E-state index contributed by atoms with van der Waals surface area (Å²) in [7, 11) is 1.26. The van der Waals surface area contributed by atoms with E-state index in [0.717, 1.165) is 5.56 Å². The third kappa shape index (κ3) is 4.28. The van der Waals surface area contributed by atoms with E-state index in [-0.39, 0.29) is 16.9 Å².